The third-order valence-electron chi connectivity index (χ3n) is 2.44. The lowest BCUT2D eigenvalue weighted by Crippen LogP contribution is -2.46. The summed E-state index contributed by atoms with van der Waals surface area (Å²) in [6.07, 6.45) is 0.443. The molecule has 0 amide bonds. The molecule has 0 fully saturated rings. The summed E-state index contributed by atoms with van der Waals surface area (Å²) < 4.78 is 34.6. The highest BCUT2D eigenvalue weighted by molar-refractivity contribution is 7.90. The van der Waals surface area contributed by atoms with E-state index < -0.39 is 33.3 Å². The maximum absolute atomic E-state index is 11.8. The van der Waals surface area contributed by atoms with Gasteiger partial charge >= 0.3 is 11.9 Å². The summed E-state index contributed by atoms with van der Waals surface area (Å²) >= 11 is 0. The molecule has 9 heteroatoms. The van der Waals surface area contributed by atoms with Crippen LogP contribution in [-0.2, 0) is 29.1 Å². The molecule has 0 spiro atoms. The average Bonchev–Trinajstić information content (AvgIpc) is 2.35. The van der Waals surface area contributed by atoms with Crippen LogP contribution in [0.15, 0.2) is 0 Å². The Morgan fingerprint density at radius 3 is 2.32 bits per heavy atom. The number of sulfonamides is 1. The second-order valence-electron chi connectivity index (χ2n) is 3.85. The molecule has 0 aliphatic carbocycles. The number of carbonyl (C=O) groups excluding carboxylic acids is 1. The molecule has 0 aromatic rings. The van der Waals surface area contributed by atoms with Gasteiger partial charge in [0, 0.05) is 13.7 Å². The van der Waals surface area contributed by atoms with Crippen molar-refractivity contribution < 1.29 is 32.6 Å². The van der Waals surface area contributed by atoms with Crippen LogP contribution in [0, 0.1) is 0 Å². The molecule has 19 heavy (non-hydrogen) atoms. The molecule has 0 rings (SSSR count). The van der Waals surface area contributed by atoms with Crippen LogP contribution in [0.25, 0.3) is 0 Å². The molecule has 8 nitrogen and oxygen atoms in total. The number of carboxylic acid groups (broad SMARTS) is 1. The van der Waals surface area contributed by atoms with Gasteiger partial charge < -0.3 is 14.6 Å². The number of rotatable bonds is 9. The number of aliphatic carboxylic acids is 1. The van der Waals surface area contributed by atoms with E-state index in [1.165, 1.54) is 7.11 Å². The van der Waals surface area contributed by atoms with Crippen LogP contribution in [0.2, 0.25) is 0 Å². The van der Waals surface area contributed by atoms with Gasteiger partial charge in [0.25, 0.3) is 0 Å². The molecule has 2 unspecified atom stereocenters. The Balaban J connectivity index is 4.74. The number of carbonyl (C=O) groups is 2. The van der Waals surface area contributed by atoms with E-state index in [1.54, 1.807) is 0 Å². The lowest BCUT2D eigenvalue weighted by atomic mass is 10.2. The molecule has 0 heterocycles. The third kappa shape index (κ3) is 5.99. The molecule has 0 bridgehead atoms. The second-order valence-corrected chi connectivity index (χ2v) is 5.89. The second kappa shape index (κ2) is 8.08. The Kier molecular flexibility index (Phi) is 7.57. The highest BCUT2D eigenvalue weighted by Gasteiger charge is 2.33. The van der Waals surface area contributed by atoms with Gasteiger partial charge in [-0.25, -0.2) is 13.1 Å². The summed E-state index contributed by atoms with van der Waals surface area (Å²) in [4.78, 5) is 22.1. The van der Waals surface area contributed by atoms with E-state index >= 15 is 0 Å². The van der Waals surface area contributed by atoms with E-state index in [4.69, 9.17) is 9.84 Å². The number of ether oxygens (including phenoxy) is 2. The fourth-order valence-electron chi connectivity index (χ4n) is 1.26. The Hall–Kier alpha value is -1.19. The van der Waals surface area contributed by atoms with Gasteiger partial charge in [-0.1, -0.05) is 0 Å². The predicted octanol–water partition coefficient (Wildman–Crippen LogP) is -0.653. The first-order valence-corrected chi connectivity index (χ1v) is 7.11. The number of hydrogen-bond acceptors (Lipinski definition) is 6. The van der Waals surface area contributed by atoms with Crippen molar-refractivity contribution in [2.75, 3.05) is 20.8 Å². The van der Waals surface area contributed by atoms with Crippen molar-refractivity contribution in [3.8, 4) is 0 Å². The van der Waals surface area contributed by atoms with Gasteiger partial charge in [0.05, 0.1) is 7.11 Å². The Bertz CT molecular complexity index is 406. The first-order valence-electron chi connectivity index (χ1n) is 5.57. The predicted molar refractivity (Wildman–Crippen MR) is 66.1 cm³/mol. The van der Waals surface area contributed by atoms with Crippen molar-refractivity contribution in [1.29, 1.82) is 0 Å². The molecular formula is C10H19NO7S. The van der Waals surface area contributed by atoms with Crippen molar-refractivity contribution in [1.82, 2.24) is 4.72 Å². The number of methoxy groups -OCH3 is 2. The fourth-order valence-corrected chi connectivity index (χ4v) is 2.43. The molecule has 0 aromatic heterocycles. The van der Waals surface area contributed by atoms with Gasteiger partial charge in [-0.2, -0.15) is 0 Å². The van der Waals surface area contributed by atoms with Crippen LogP contribution < -0.4 is 4.72 Å². The van der Waals surface area contributed by atoms with Gasteiger partial charge in [0.1, 0.15) is 6.04 Å². The molecule has 0 aliphatic heterocycles. The van der Waals surface area contributed by atoms with Crippen molar-refractivity contribution in [3.63, 3.8) is 0 Å². The lowest BCUT2D eigenvalue weighted by Gasteiger charge is -2.17. The molecule has 0 saturated heterocycles. The zero-order chi connectivity index (χ0) is 15.1. The van der Waals surface area contributed by atoms with Gasteiger partial charge in [-0.15, -0.1) is 0 Å². The number of carboxylic acids is 1. The first-order chi connectivity index (χ1) is 8.76. The van der Waals surface area contributed by atoms with Crippen molar-refractivity contribution in [2.45, 2.75) is 31.1 Å². The highest BCUT2D eigenvalue weighted by atomic mass is 32.2. The topological polar surface area (TPSA) is 119 Å². The summed E-state index contributed by atoms with van der Waals surface area (Å²) in [7, 11) is -1.58. The lowest BCUT2D eigenvalue weighted by molar-refractivity contribution is -0.141. The van der Waals surface area contributed by atoms with E-state index in [0.717, 1.165) is 14.0 Å². The van der Waals surface area contributed by atoms with E-state index in [1.807, 2.05) is 4.72 Å². The van der Waals surface area contributed by atoms with Crippen LogP contribution in [-0.4, -0.2) is 57.6 Å². The summed E-state index contributed by atoms with van der Waals surface area (Å²) in [5, 5.41) is 7.46. The zero-order valence-corrected chi connectivity index (χ0v) is 11.9. The Labute approximate surface area is 112 Å². The molecular weight excluding hydrogens is 278 g/mol. The minimum atomic E-state index is -4.10. The van der Waals surface area contributed by atoms with Crippen molar-refractivity contribution in [2.24, 2.45) is 0 Å². The summed E-state index contributed by atoms with van der Waals surface area (Å²) in [6.45, 7) is 1.44. The maximum Gasteiger partial charge on any atom is 0.325 e. The fraction of sp³-hybridized carbons (Fsp3) is 0.800. The van der Waals surface area contributed by atoms with Crippen LogP contribution >= 0.6 is 0 Å². The zero-order valence-electron chi connectivity index (χ0n) is 11.1. The molecule has 2 atom stereocenters. The SMILES string of the molecule is COCCCC(NS(=O)(=O)C(C)C(=O)OC)C(=O)O. The van der Waals surface area contributed by atoms with E-state index in [2.05, 4.69) is 4.74 Å². The largest absolute Gasteiger partial charge is 0.480 e. The molecule has 0 radical (unpaired) electrons. The number of esters is 1. The minimum absolute atomic E-state index is 0.0658. The Morgan fingerprint density at radius 1 is 1.32 bits per heavy atom. The first kappa shape index (κ1) is 17.8. The third-order valence-corrected chi connectivity index (χ3v) is 4.18. The molecule has 0 aromatic carbocycles. The normalized spacial score (nSPS) is 14.7. The van der Waals surface area contributed by atoms with Crippen LogP contribution in [0.5, 0.6) is 0 Å². The standard InChI is InChI=1S/C10H19NO7S/c1-7(10(14)18-3)19(15,16)11-8(9(12)13)5-4-6-17-2/h7-8,11H,4-6H2,1-3H3,(H,12,13). The summed E-state index contributed by atoms with van der Waals surface area (Å²) in [5.74, 6) is -2.26. The summed E-state index contributed by atoms with van der Waals surface area (Å²) in [5.41, 5.74) is 0. The molecule has 0 saturated carbocycles. The number of nitrogens with one attached hydrogen (secondary N) is 1. The maximum atomic E-state index is 11.8. The van der Waals surface area contributed by atoms with E-state index in [-0.39, 0.29) is 6.42 Å². The highest BCUT2D eigenvalue weighted by Crippen LogP contribution is 2.06. The quantitative estimate of drug-likeness (QED) is 0.428. The van der Waals surface area contributed by atoms with Crippen LogP contribution in [0.1, 0.15) is 19.8 Å². The van der Waals surface area contributed by atoms with E-state index in [0.29, 0.717) is 13.0 Å². The van der Waals surface area contributed by atoms with Gasteiger partial charge in [0.15, 0.2) is 5.25 Å². The average molecular weight is 297 g/mol. The number of hydrogen-bond donors (Lipinski definition) is 2. The summed E-state index contributed by atoms with van der Waals surface area (Å²) in [6, 6.07) is -1.30. The van der Waals surface area contributed by atoms with Gasteiger partial charge in [-0.05, 0) is 19.8 Å². The monoisotopic (exact) mass is 297 g/mol. The van der Waals surface area contributed by atoms with Crippen molar-refractivity contribution in [3.05, 3.63) is 0 Å². The molecule has 2 N–H and O–H groups in total. The van der Waals surface area contributed by atoms with Crippen molar-refractivity contribution >= 4 is 22.0 Å². The van der Waals surface area contributed by atoms with Crippen LogP contribution in [0.4, 0.5) is 0 Å². The molecule has 0 aliphatic rings. The van der Waals surface area contributed by atoms with Gasteiger partial charge in [0.2, 0.25) is 10.0 Å². The van der Waals surface area contributed by atoms with Crippen LogP contribution in [0.3, 0.4) is 0 Å². The van der Waals surface area contributed by atoms with Gasteiger partial charge in [-0.3, -0.25) is 9.59 Å². The minimum Gasteiger partial charge on any atom is -0.480 e. The Morgan fingerprint density at radius 2 is 1.89 bits per heavy atom. The molecule has 112 valence electrons. The smallest absolute Gasteiger partial charge is 0.325 e. The van der Waals surface area contributed by atoms with E-state index in [9.17, 15) is 18.0 Å².